The molecule has 1 rings (SSSR count). The van der Waals surface area contributed by atoms with Gasteiger partial charge in [0.25, 0.3) is 0 Å². The molecule has 0 atom stereocenters. The highest BCUT2D eigenvalue weighted by molar-refractivity contribution is 5.85. The predicted molar refractivity (Wildman–Crippen MR) is 78.7 cm³/mol. The third-order valence-electron chi connectivity index (χ3n) is 4.33. The van der Waals surface area contributed by atoms with Crippen LogP contribution in [-0.2, 0) is 4.79 Å². The molecule has 0 bridgehead atoms. The molecule has 0 aliphatic heterocycles. The number of carbonyl (C=O) groups is 2. The predicted octanol–water partition coefficient (Wildman–Crippen LogP) is 2.80. The molecule has 0 aromatic rings. The van der Waals surface area contributed by atoms with E-state index in [2.05, 4.69) is 0 Å². The number of nitrogens with zero attached hydrogens (tertiary/aromatic N) is 2. The van der Waals surface area contributed by atoms with Crippen LogP contribution in [-0.4, -0.2) is 52.6 Å². The van der Waals surface area contributed by atoms with Gasteiger partial charge < -0.3 is 14.9 Å². The fourth-order valence-electron chi connectivity index (χ4n) is 2.93. The first-order valence-corrected chi connectivity index (χ1v) is 7.56. The second-order valence-corrected chi connectivity index (χ2v) is 6.28. The number of carbonyl (C=O) groups excluding carboxylic acids is 1. The summed E-state index contributed by atoms with van der Waals surface area (Å²) in [5.41, 5.74) is -1.17. The summed E-state index contributed by atoms with van der Waals surface area (Å²) in [4.78, 5) is 26.9. The van der Waals surface area contributed by atoms with Crippen LogP contribution in [0.15, 0.2) is 0 Å². The van der Waals surface area contributed by atoms with Gasteiger partial charge in [0.15, 0.2) is 0 Å². The van der Waals surface area contributed by atoms with Gasteiger partial charge in [-0.2, -0.15) is 0 Å². The van der Waals surface area contributed by atoms with Crippen molar-refractivity contribution >= 4 is 12.0 Å². The van der Waals surface area contributed by atoms with Crippen molar-refractivity contribution in [2.24, 2.45) is 5.92 Å². The van der Waals surface area contributed by atoms with Crippen molar-refractivity contribution in [1.82, 2.24) is 9.80 Å². The van der Waals surface area contributed by atoms with E-state index in [1.165, 1.54) is 37.0 Å². The molecule has 0 aromatic heterocycles. The van der Waals surface area contributed by atoms with Gasteiger partial charge in [0.2, 0.25) is 0 Å². The molecule has 0 unspecified atom stereocenters. The van der Waals surface area contributed by atoms with Crippen molar-refractivity contribution in [3.05, 3.63) is 0 Å². The normalized spacial score (nSPS) is 16.8. The van der Waals surface area contributed by atoms with E-state index in [0.29, 0.717) is 12.5 Å². The van der Waals surface area contributed by atoms with Crippen LogP contribution >= 0.6 is 0 Å². The lowest BCUT2D eigenvalue weighted by Gasteiger charge is -2.38. The molecule has 0 radical (unpaired) electrons. The Morgan fingerprint density at radius 2 is 1.75 bits per heavy atom. The summed E-state index contributed by atoms with van der Waals surface area (Å²) in [6, 6.07) is -0.189. The van der Waals surface area contributed by atoms with Crippen molar-refractivity contribution < 1.29 is 14.7 Å². The van der Waals surface area contributed by atoms with E-state index in [1.54, 1.807) is 25.8 Å². The van der Waals surface area contributed by atoms with E-state index in [1.807, 2.05) is 6.92 Å². The first-order chi connectivity index (χ1) is 9.30. The monoisotopic (exact) mass is 284 g/mol. The number of carboxylic acids is 1. The van der Waals surface area contributed by atoms with Crippen LogP contribution < -0.4 is 0 Å². The van der Waals surface area contributed by atoms with Crippen molar-refractivity contribution in [3.8, 4) is 0 Å². The summed E-state index contributed by atoms with van der Waals surface area (Å²) in [5, 5.41) is 9.28. The van der Waals surface area contributed by atoms with Gasteiger partial charge in [0, 0.05) is 20.1 Å². The molecule has 0 aromatic carbocycles. The van der Waals surface area contributed by atoms with Crippen LogP contribution in [0.25, 0.3) is 0 Å². The Labute approximate surface area is 121 Å². The maximum atomic E-state index is 12.5. The lowest BCUT2D eigenvalue weighted by molar-refractivity contribution is -0.147. The molecule has 116 valence electrons. The smallest absolute Gasteiger partial charge is 0.329 e. The summed E-state index contributed by atoms with van der Waals surface area (Å²) in [6.07, 6.45) is 6.12. The topological polar surface area (TPSA) is 60.9 Å². The fraction of sp³-hybridized carbons (Fsp3) is 0.867. The van der Waals surface area contributed by atoms with E-state index in [0.717, 1.165) is 6.54 Å². The molecular formula is C15H28N2O3. The highest BCUT2D eigenvalue weighted by Gasteiger charge is 2.38. The first-order valence-electron chi connectivity index (χ1n) is 7.56. The Kier molecular flexibility index (Phi) is 5.84. The molecular weight excluding hydrogens is 256 g/mol. The van der Waals surface area contributed by atoms with Gasteiger partial charge in [-0.25, -0.2) is 9.59 Å². The van der Waals surface area contributed by atoms with Crippen LogP contribution in [0.3, 0.4) is 0 Å². The summed E-state index contributed by atoms with van der Waals surface area (Å²) < 4.78 is 0. The van der Waals surface area contributed by atoms with E-state index in [4.69, 9.17) is 0 Å². The van der Waals surface area contributed by atoms with Gasteiger partial charge in [-0.15, -0.1) is 0 Å². The molecule has 1 N–H and O–H groups in total. The minimum absolute atomic E-state index is 0.189. The van der Waals surface area contributed by atoms with Gasteiger partial charge >= 0.3 is 12.0 Å². The average Bonchev–Trinajstić information content (AvgIpc) is 2.40. The van der Waals surface area contributed by atoms with E-state index in [-0.39, 0.29) is 6.03 Å². The summed E-state index contributed by atoms with van der Waals surface area (Å²) in [6.45, 7) is 6.09. The Balaban J connectivity index is 2.67. The Morgan fingerprint density at radius 3 is 2.20 bits per heavy atom. The SMILES string of the molecule is CCN(C(=O)N(C)CC1CCCCC1)C(C)(C)C(=O)O. The van der Waals surface area contributed by atoms with Crippen LogP contribution in [0.5, 0.6) is 0 Å². The Hall–Kier alpha value is -1.26. The van der Waals surface area contributed by atoms with Gasteiger partial charge in [-0.05, 0) is 39.5 Å². The highest BCUT2D eigenvalue weighted by Crippen LogP contribution is 2.25. The van der Waals surface area contributed by atoms with Crippen molar-refractivity contribution in [2.75, 3.05) is 20.1 Å². The van der Waals surface area contributed by atoms with E-state index in [9.17, 15) is 14.7 Å². The fourth-order valence-corrected chi connectivity index (χ4v) is 2.93. The maximum absolute atomic E-state index is 12.5. The maximum Gasteiger partial charge on any atom is 0.329 e. The number of rotatable bonds is 5. The molecule has 1 saturated carbocycles. The van der Waals surface area contributed by atoms with Gasteiger partial charge in [0.05, 0.1) is 0 Å². The molecule has 1 aliphatic rings. The van der Waals surface area contributed by atoms with Crippen LogP contribution in [0.1, 0.15) is 52.9 Å². The third-order valence-corrected chi connectivity index (χ3v) is 4.33. The molecule has 1 fully saturated rings. The van der Waals surface area contributed by atoms with E-state index >= 15 is 0 Å². The van der Waals surface area contributed by atoms with Crippen molar-refractivity contribution in [1.29, 1.82) is 0 Å². The quantitative estimate of drug-likeness (QED) is 0.844. The standard InChI is InChI=1S/C15H28N2O3/c1-5-17(15(2,3)13(18)19)14(20)16(4)11-12-9-7-6-8-10-12/h12H,5-11H2,1-4H3,(H,18,19). The molecule has 0 spiro atoms. The number of urea groups is 1. The second-order valence-electron chi connectivity index (χ2n) is 6.28. The Bertz CT molecular complexity index is 349. The zero-order valence-corrected chi connectivity index (χ0v) is 13.2. The van der Waals surface area contributed by atoms with Crippen LogP contribution in [0, 0.1) is 5.92 Å². The van der Waals surface area contributed by atoms with Gasteiger partial charge in [-0.1, -0.05) is 19.3 Å². The second kappa shape index (κ2) is 6.95. The first kappa shape index (κ1) is 16.8. The number of hydrogen-bond donors (Lipinski definition) is 1. The van der Waals surface area contributed by atoms with Crippen molar-refractivity contribution in [3.63, 3.8) is 0 Å². The number of likely N-dealkylation sites (N-methyl/N-ethyl adjacent to an activating group) is 1. The number of aliphatic carboxylic acids is 1. The summed E-state index contributed by atoms with van der Waals surface area (Å²) >= 11 is 0. The zero-order chi connectivity index (χ0) is 15.3. The molecule has 5 nitrogen and oxygen atoms in total. The Morgan fingerprint density at radius 1 is 1.20 bits per heavy atom. The molecule has 5 heteroatoms. The van der Waals surface area contributed by atoms with Crippen LogP contribution in [0.2, 0.25) is 0 Å². The minimum atomic E-state index is -1.17. The summed E-state index contributed by atoms with van der Waals surface area (Å²) in [7, 11) is 1.78. The highest BCUT2D eigenvalue weighted by atomic mass is 16.4. The minimum Gasteiger partial charge on any atom is -0.480 e. The van der Waals surface area contributed by atoms with E-state index < -0.39 is 11.5 Å². The molecule has 1 aliphatic carbocycles. The lowest BCUT2D eigenvalue weighted by atomic mass is 9.89. The largest absolute Gasteiger partial charge is 0.480 e. The lowest BCUT2D eigenvalue weighted by Crippen LogP contribution is -2.56. The van der Waals surface area contributed by atoms with Crippen LogP contribution in [0.4, 0.5) is 4.79 Å². The van der Waals surface area contributed by atoms with Gasteiger partial charge in [0.1, 0.15) is 5.54 Å². The molecule has 2 amide bonds. The molecule has 0 saturated heterocycles. The number of amides is 2. The molecule has 0 heterocycles. The number of carboxylic acid groups (broad SMARTS) is 1. The van der Waals surface area contributed by atoms with Gasteiger partial charge in [-0.3, -0.25) is 0 Å². The zero-order valence-electron chi connectivity index (χ0n) is 13.2. The average molecular weight is 284 g/mol. The third kappa shape index (κ3) is 3.87. The van der Waals surface area contributed by atoms with Crippen molar-refractivity contribution in [2.45, 2.75) is 58.4 Å². The summed E-state index contributed by atoms with van der Waals surface area (Å²) in [5.74, 6) is -0.414. The molecule has 20 heavy (non-hydrogen) atoms. The number of hydrogen-bond acceptors (Lipinski definition) is 2.